The van der Waals surface area contributed by atoms with Crippen LogP contribution in [0.5, 0.6) is 0 Å². The fourth-order valence-corrected chi connectivity index (χ4v) is 2.01. The molecule has 5 nitrogen and oxygen atoms in total. The third kappa shape index (κ3) is 12.2. The van der Waals surface area contributed by atoms with E-state index in [0.717, 1.165) is 19.3 Å². The van der Waals surface area contributed by atoms with E-state index in [-0.39, 0.29) is 0 Å². The molecule has 1 amide bonds. The second kappa shape index (κ2) is 10.5. The minimum atomic E-state index is -1.01. The minimum absolute atomic E-state index is 0.447. The fraction of sp³-hybridized carbons (Fsp3) is 0.875. The number of carbonyl (C=O) groups is 2. The van der Waals surface area contributed by atoms with Gasteiger partial charge in [-0.15, -0.1) is 0 Å². The SMILES string of the molecule is CCCCCCCCCC(NC(=O)OC(C)(C)C)C(=O)O. The summed E-state index contributed by atoms with van der Waals surface area (Å²) >= 11 is 0. The first kappa shape index (κ1) is 19.7. The van der Waals surface area contributed by atoms with Crippen molar-refractivity contribution in [2.75, 3.05) is 0 Å². The van der Waals surface area contributed by atoms with Gasteiger partial charge in [0, 0.05) is 0 Å². The van der Waals surface area contributed by atoms with Gasteiger partial charge >= 0.3 is 12.1 Å². The summed E-state index contributed by atoms with van der Waals surface area (Å²) in [6.07, 6.45) is 7.64. The van der Waals surface area contributed by atoms with Crippen molar-refractivity contribution in [2.45, 2.75) is 90.7 Å². The summed E-state index contributed by atoms with van der Waals surface area (Å²) in [7, 11) is 0. The number of aliphatic carboxylic acids is 1. The van der Waals surface area contributed by atoms with Gasteiger partial charge in [0.1, 0.15) is 11.6 Å². The summed E-state index contributed by atoms with van der Waals surface area (Å²) in [5.74, 6) is -1.01. The molecule has 0 rings (SSSR count). The number of hydrogen-bond acceptors (Lipinski definition) is 3. The van der Waals surface area contributed by atoms with E-state index in [1.165, 1.54) is 25.7 Å². The van der Waals surface area contributed by atoms with Gasteiger partial charge in [0.15, 0.2) is 0 Å². The van der Waals surface area contributed by atoms with E-state index in [0.29, 0.717) is 6.42 Å². The molecule has 0 aromatic rings. The predicted octanol–water partition coefficient (Wildman–Crippen LogP) is 4.11. The lowest BCUT2D eigenvalue weighted by Gasteiger charge is -2.22. The molecule has 0 aliphatic heterocycles. The Bertz CT molecular complexity index is 310. The lowest BCUT2D eigenvalue weighted by Crippen LogP contribution is -2.43. The van der Waals surface area contributed by atoms with Crippen molar-refractivity contribution in [1.82, 2.24) is 5.32 Å². The Morgan fingerprint density at radius 3 is 2.05 bits per heavy atom. The maximum atomic E-state index is 11.6. The summed E-state index contributed by atoms with van der Waals surface area (Å²) in [6, 6.07) is -0.865. The van der Waals surface area contributed by atoms with E-state index >= 15 is 0 Å². The Balaban J connectivity index is 3.93. The zero-order chi connectivity index (χ0) is 16.3. The fourth-order valence-electron chi connectivity index (χ4n) is 2.01. The number of carboxylic acids is 1. The molecule has 5 heteroatoms. The molecule has 1 unspecified atom stereocenters. The van der Waals surface area contributed by atoms with E-state index in [1.807, 2.05) is 0 Å². The lowest BCUT2D eigenvalue weighted by molar-refractivity contribution is -0.139. The highest BCUT2D eigenvalue weighted by atomic mass is 16.6. The van der Waals surface area contributed by atoms with Gasteiger partial charge < -0.3 is 15.2 Å². The van der Waals surface area contributed by atoms with Crippen LogP contribution in [0.1, 0.15) is 79.1 Å². The van der Waals surface area contributed by atoms with E-state index < -0.39 is 23.7 Å². The molecule has 0 spiro atoms. The molecule has 0 aliphatic carbocycles. The van der Waals surface area contributed by atoms with Gasteiger partial charge in [-0.05, 0) is 27.2 Å². The zero-order valence-corrected chi connectivity index (χ0v) is 13.9. The summed E-state index contributed by atoms with van der Waals surface area (Å²) in [5, 5.41) is 11.5. The van der Waals surface area contributed by atoms with Gasteiger partial charge in [-0.25, -0.2) is 9.59 Å². The van der Waals surface area contributed by atoms with Gasteiger partial charge in [-0.1, -0.05) is 51.9 Å². The molecule has 0 aromatic heterocycles. The quantitative estimate of drug-likeness (QED) is 0.595. The van der Waals surface area contributed by atoms with Crippen molar-refractivity contribution in [2.24, 2.45) is 0 Å². The molecule has 0 bridgehead atoms. The molecule has 0 fully saturated rings. The lowest BCUT2D eigenvalue weighted by atomic mass is 10.1. The van der Waals surface area contributed by atoms with Crippen molar-refractivity contribution in [3.8, 4) is 0 Å². The smallest absolute Gasteiger partial charge is 0.408 e. The van der Waals surface area contributed by atoms with Crippen molar-refractivity contribution >= 4 is 12.1 Å². The normalized spacial score (nSPS) is 12.8. The van der Waals surface area contributed by atoms with Crippen LogP contribution in [0.2, 0.25) is 0 Å². The second-order valence-corrected chi connectivity index (χ2v) is 6.45. The number of hydrogen-bond donors (Lipinski definition) is 2. The number of alkyl carbamates (subject to hydrolysis) is 1. The van der Waals surface area contributed by atoms with Crippen LogP contribution in [0.4, 0.5) is 4.79 Å². The van der Waals surface area contributed by atoms with E-state index in [1.54, 1.807) is 20.8 Å². The molecule has 0 heterocycles. The van der Waals surface area contributed by atoms with Crippen LogP contribution in [0.3, 0.4) is 0 Å². The van der Waals surface area contributed by atoms with E-state index in [2.05, 4.69) is 12.2 Å². The van der Waals surface area contributed by atoms with Gasteiger partial charge in [-0.2, -0.15) is 0 Å². The topological polar surface area (TPSA) is 75.6 Å². The van der Waals surface area contributed by atoms with E-state index in [9.17, 15) is 9.59 Å². The van der Waals surface area contributed by atoms with Crippen LogP contribution in [-0.4, -0.2) is 28.8 Å². The Kier molecular flexibility index (Phi) is 9.84. The number of nitrogens with one attached hydrogen (secondary N) is 1. The molecule has 124 valence electrons. The molecule has 0 saturated heterocycles. The molecule has 0 aliphatic rings. The third-order valence-corrected chi connectivity index (χ3v) is 3.09. The molecular formula is C16H31NO4. The molecule has 0 radical (unpaired) electrons. The van der Waals surface area contributed by atoms with Crippen LogP contribution in [0, 0.1) is 0 Å². The summed E-state index contributed by atoms with van der Waals surface area (Å²) in [4.78, 5) is 22.7. The molecule has 0 aromatic carbocycles. The molecule has 21 heavy (non-hydrogen) atoms. The summed E-state index contributed by atoms with van der Waals surface area (Å²) in [5.41, 5.74) is -0.619. The maximum absolute atomic E-state index is 11.6. The zero-order valence-electron chi connectivity index (χ0n) is 13.9. The number of rotatable bonds is 10. The monoisotopic (exact) mass is 301 g/mol. The average Bonchev–Trinajstić information content (AvgIpc) is 2.33. The van der Waals surface area contributed by atoms with Crippen molar-refractivity contribution < 1.29 is 19.4 Å². The van der Waals surface area contributed by atoms with Gasteiger partial charge in [0.2, 0.25) is 0 Å². The Labute approximate surface area is 128 Å². The van der Waals surface area contributed by atoms with Gasteiger partial charge in [0.25, 0.3) is 0 Å². The summed E-state index contributed by atoms with van der Waals surface area (Å²) in [6.45, 7) is 7.43. The van der Waals surface area contributed by atoms with Crippen LogP contribution < -0.4 is 5.32 Å². The Morgan fingerprint density at radius 1 is 1.05 bits per heavy atom. The highest BCUT2D eigenvalue weighted by Crippen LogP contribution is 2.11. The van der Waals surface area contributed by atoms with Crippen LogP contribution in [-0.2, 0) is 9.53 Å². The first-order chi connectivity index (χ1) is 9.76. The second-order valence-electron chi connectivity index (χ2n) is 6.45. The Hall–Kier alpha value is -1.26. The maximum Gasteiger partial charge on any atom is 0.408 e. The number of ether oxygens (including phenoxy) is 1. The largest absolute Gasteiger partial charge is 0.480 e. The molecule has 2 N–H and O–H groups in total. The standard InChI is InChI=1S/C16H31NO4/c1-5-6-7-8-9-10-11-12-13(14(18)19)17-15(20)21-16(2,3)4/h13H,5-12H2,1-4H3,(H,17,20)(H,18,19). The third-order valence-electron chi connectivity index (χ3n) is 3.09. The van der Waals surface area contributed by atoms with Crippen molar-refractivity contribution in [3.05, 3.63) is 0 Å². The van der Waals surface area contributed by atoms with Crippen molar-refractivity contribution in [3.63, 3.8) is 0 Å². The molecule has 0 saturated carbocycles. The van der Waals surface area contributed by atoms with Crippen molar-refractivity contribution in [1.29, 1.82) is 0 Å². The average molecular weight is 301 g/mol. The number of carboxylic acid groups (broad SMARTS) is 1. The highest BCUT2D eigenvalue weighted by Gasteiger charge is 2.23. The molecular weight excluding hydrogens is 270 g/mol. The van der Waals surface area contributed by atoms with Crippen LogP contribution >= 0.6 is 0 Å². The van der Waals surface area contributed by atoms with Crippen LogP contribution in [0.15, 0.2) is 0 Å². The first-order valence-electron chi connectivity index (χ1n) is 7.98. The van der Waals surface area contributed by atoms with Gasteiger partial charge in [0.05, 0.1) is 0 Å². The first-order valence-corrected chi connectivity index (χ1v) is 7.98. The summed E-state index contributed by atoms with van der Waals surface area (Å²) < 4.78 is 5.08. The minimum Gasteiger partial charge on any atom is -0.480 e. The van der Waals surface area contributed by atoms with E-state index in [4.69, 9.17) is 9.84 Å². The van der Waals surface area contributed by atoms with Crippen LogP contribution in [0.25, 0.3) is 0 Å². The Morgan fingerprint density at radius 2 is 1.57 bits per heavy atom. The van der Waals surface area contributed by atoms with Gasteiger partial charge in [-0.3, -0.25) is 0 Å². The molecule has 1 atom stereocenters. The highest BCUT2D eigenvalue weighted by molar-refractivity contribution is 5.79. The number of unbranched alkanes of at least 4 members (excludes halogenated alkanes) is 6. The number of carbonyl (C=O) groups excluding carboxylic acids is 1. The predicted molar refractivity (Wildman–Crippen MR) is 83.4 cm³/mol. The number of amides is 1.